The molecule has 0 saturated carbocycles. The predicted octanol–water partition coefficient (Wildman–Crippen LogP) is 4.36. The molecule has 0 fully saturated rings. The first kappa shape index (κ1) is 14.4. The highest BCUT2D eigenvalue weighted by atomic mass is 19.4. The maximum atomic E-state index is 13.4. The number of nitrogens with zero attached hydrogens (tertiary/aromatic N) is 1. The van der Waals surface area contributed by atoms with Crippen LogP contribution in [0.25, 0.3) is 5.76 Å². The zero-order valence-electron chi connectivity index (χ0n) is 11.5. The summed E-state index contributed by atoms with van der Waals surface area (Å²) in [7, 11) is 0. The molecule has 0 bridgehead atoms. The van der Waals surface area contributed by atoms with Crippen molar-refractivity contribution >= 4 is 17.2 Å². The molecule has 0 amide bonds. The molecule has 5 heteroatoms. The van der Waals surface area contributed by atoms with Gasteiger partial charge < -0.3 is 4.74 Å². The van der Waals surface area contributed by atoms with Gasteiger partial charge in [-0.3, -0.25) is 0 Å². The monoisotopic (exact) mass is 304 g/mol. The van der Waals surface area contributed by atoms with Gasteiger partial charge in [-0.1, -0.05) is 48.5 Å². The highest BCUT2D eigenvalue weighted by Gasteiger charge is 2.45. The lowest BCUT2D eigenvalue weighted by molar-refractivity contribution is -0.492. The van der Waals surface area contributed by atoms with Gasteiger partial charge in [0.2, 0.25) is 5.69 Å². The summed E-state index contributed by atoms with van der Waals surface area (Å²) in [6, 6.07) is 17.2. The molecule has 2 aromatic rings. The Balaban J connectivity index is 2.11. The van der Waals surface area contributed by atoms with Gasteiger partial charge in [0.1, 0.15) is 5.76 Å². The first-order valence-corrected chi connectivity index (χ1v) is 6.72. The molecule has 0 aliphatic carbocycles. The van der Waals surface area contributed by atoms with Gasteiger partial charge in [-0.15, -0.1) is 0 Å². The van der Waals surface area contributed by atoms with Gasteiger partial charge in [0.05, 0.1) is 6.08 Å². The lowest BCUT2D eigenvalue weighted by atomic mass is 10.1. The number of rotatable bonds is 2. The number of halogens is 3. The maximum Gasteiger partial charge on any atom is 0.477 e. The smallest absolute Gasteiger partial charge is 0.435 e. The Morgan fingerprint density at radius 1 is 0.864 bits per heavy atom. The van der Waals surface area contributed by atoms with Crippen LogP contribution in [0.5, 0.6) is 0 Å². The molecule has 1 aliphatic heterocycles. The van der Waals surface area contributed by atoms with Crippen LogP contribution in [-0.2, 0) is 4.74 Å². The molecule has 0 N–H and O–H groups in total. The molecule has 1 heterocycles. The van der Waals surface area contributed by atoms with E-state index in [2.05, 4.69) is 0 Å². The number of hydrogen-bond acceptors (Lipinski definition) is 1. The Morgan fingerprint density at radius 3 is 2.05 bits per heavy atom. The third kappa shape index (κ3) is 2.88. The van der Waals surface area contributed by atoms with Gasteiger partial charge >= 0.3 is 6.18 Å². The van der Waals surface area contributed by atoms with Gasteiger partial charge in [0, 0.05) is 17.7 Å². The molecule has 3 rings (SSSR count). The van der Waals surface area contributed by atoms with E-state index in [-0.39, 0.29) is 12.5 Å². The SMILES string of the molecule is FC(F)(F)C1=[N+](c2ccccc2)COC(c2ccccc2)=C1. The average molecular weight is 304 g/mol. The van der Waals surface area contributed by atoms with Crippen LogP contribution in [0, 0.1) is 0 Å². The number of benzene rings is 2. The topological polar surface area (TPSA) is 12.2 Å². The quantitative estimate of drug-likeness (QED) is 0.751. The number of allylic oxidation sites excluding steroid dienone is 1. The Hall–Kier alpha value is -2.56. The van der Waals surface area contributed by atoms with Crippen molar-refractivity contribution in [1.82, 2.24) is 0 Å². The first-order valence-electron chi connectivity index (χ1n) is 6.72. The van der Waals surface area contributed by atoms with Crippen molar-refractivity contribution in [3.8, 4) is 0 Å². The molecule has 0 aromatic heterocycles. The number of alkyl halides is 3. The van der Waals surface area contributed by atoms with E-state index in [1.165, 1.54) is 0 Å². The molecule has 112 valence electrons. The molecule has 2 nitrogen and oxygen atoms in total. The normalized spacial score (nSPS) is 15.3. The second-order valence-electron chi connectivity index (χ2n) is 4.79. The number of para-hydroxylation sites is 1. The van der Waals surface area contributed by atoms with E-state index in [0.29, 0.717) is 11.3 Å². The molecular formula is C17H13F3NO+. The third-order valence-corrected chi connectivity index (χ3v) is 3.32. The highest BCUT2D eigenvalue weighted by molar-refractivity contribution is 6.01. The Labute approximate surface area is 125 Å². The van der Waals surface area contributed by atoms with Crippen LogP contribution >= 0.6 is 0 Å². The Bertz CT molecular complexity index is 719. The zero-order valence-corrected chi connectivity index (χ0v) is 11.5. The van der Waals surface area contributed by atoms with E-state index in [1.54, 1.807) is 60.7 Å². The van der Waals surface area contributed by atoms with Crippen molar-refractivity contribution < 1.29 is 22.5 Å². The summed E-state index contributed by atoms with van der Waals surface area (Å²) >= 11 is 0. The van der Waals surface area contributed by atoms with Crippen molar-refractivity contribution in [2.45, 2.75) is 6.18 Å². The van der Waals surface area contributed by atoms with E-state index in [0.717, 1.165) is 10.7 Å². The van der Waals surface area contributed by atoms with Crippen molar-refractivity contribution in [1.29, 1.82) is 0 Å². The fourth-order valence-corrected chi connectivity index (χ4v) is 2.27. The van der Waals surface area contributed by atoms with Crippen molar-refractivity contribution in [3.63, 3.8) is 0 Å². The first-order chi connectivity index (χ1) is 10.6. The van der Waals surface area contributed by atoms with Gasteiger partial charge in [-0.05, 0) is 0 Å². The maximum absolute atomic E-state index is 13.4. The average Bonchev–Trinajstić information content (AvgIpc) is 2.55. The van der Waals surface area contributed by atoms with E-state index in [1.807, 2.05) is 0 Å². The van der Waals surface area contributed by atoms with Crippen molar-refractivity contribution in [3.05, 3.63) is 72.3 Å². The van der Waals surface area contributed by atoms with E-state index < -0.39 is 11.9 Å². The van der Waals surface area contributed by atoms with Gasteiger partial charge in [-0.2, -0.15) is 17.7 Å². The highest BCUT2D eigenvalue weighted by Crippen LogP contribution is 2.28. The van der Waals surface area contributed by atoms with Crippen LogP contribution in [0.4, 0.5) is 18.9 Å². The third-order valence-electron chi connectivity index (χ3n) is 3.32. The minimum Gasteiger partial charge on any atom is -0.435 e. The fourth-order valence-electron chi connectivity index (χ4n) is 2.27. The van der Waals surface area contributed by atoms with Gasteiger partial charge in [0.25, 0.3) is 12.4 Å². The molecule has 0 radical (unpaired) electrons. The second kappa shape index (κ2) is 5.67. The predicted molar refractivity (Wildman–Crippen MR) is 77.8 cm³/mol. The summed E-state index contributed by atoms with van der Waals surface area (Å²) in [5.74, 6) is 0.222. The number of hydrogen-bond donors (Lipinski definition) is 0. The second-order valence-corrected chi connectivity index (χ2v) is 4.79. The lowest BCUT2D eigenvalue weighted by Gasteiger charge is -2.18. The summed E-state index contributed by atoms with van der Waals surface area (Å²) in [5, 5.41) is 0. The summed E-state index contributed by atoms with van der Waals surface area (Å²) < 4.78 is 46.8. The van der Waals surface area contributed by atoms with Crippen LogP contribution in [0.2, 0.25) is 0 Å². The van der Waals surface area contributed by atoms with Crippen LogP contribution < -0.4 is 0 Å². The van der Waals surface area contributed by atoms with Gasteiger partial charge in [0.15, 0.2) is 0 Å². The standard InChI is InChI=1S/C17H13F3NO/c18-17(19,20)16-11-15(13-7-3-1-4-8-13)22-12-21(16)14-9-5-2-6-10-14/h1-11H,12H2/q+1. The Morgan fingerprint density at radius 2 is 1.45 bits per heavy atom. The summed E-state index contributed by atoms with van der Waals surface area (Å²) in [4.78, 5) is 0. The molecular weight excluding hydrogens is 291 g/mol. The molecule has 2 aromatic carbocycles. The number of ether oxygens (including phenoxy) is 1. The molecule has 0 atom stereocenters. The molecule has 0 spiro atoms. The minimum atomic E-state index is -4.46. The molecule has 1 aliphatic rings. The summed E-state index contributed by atoms with van der Waals surface area (Å²) in [6.45, 7) is -0.181. The van der Waals surface area contributed by atoms with E-state index in [9.17, 15) is 13.2 Å². The lowest BCUT2D eigenvalue weighted by Crippen LogP contribution is -2.34. The van der Waals surface area contributed by atoms with Crippen LogP contribution in [-0.4, -0.2) is 23.2 Å². The fraction of sp³-hybridized carbons (Fsp3) is 0.118. The summed E-state index contributed by atoms with van der Waals surface area (Å²) in [6.07, 6.45) is -3.41. The van der Waals surface area contributed by atoms with Crippen LogP contribution in [0.1, 0.15) is 5.56 Å². The van der Waals surface area contributed by atoms with Crippen molar-refractivity contribution in [2.24, 2.45) is 0 Å². The zero-order chi connectivity index (χ0) is 15.6. The van der Waals surface area contributed by atoms with Gasteiger partial charge in [-0.25, -0.2) is 0 Å². The van der Waals surface area contributed by atoms with E-state index in [4.69, 9.17) is 4.74 Å². The molecule has 0 unspecified atom stereocenters. The Kier molecular flexibility index (Phi) is 3.71. The van der Waals surface area contributed by atoms with E-state index >= 15 is 0 Å². The minimum absolute atomic E-state index is 0.181. The van der Waals surface area contributed by atoms with Crippen LogP contribution in [0.15, 0.2) is 66.7 Å². The summed E-state index contributed by atoms with van der Waals surface area (Å²) in [5.41, 5.74) is 0.332. The molecule has 0 saturated heterocycles. The van der Waals surface area contributed by atoms with Crippen LogP contribution in [0.3, 0.4) is 0 Å². The molecule has 22 heavy (non-hydrogen) atoms. The largest absolute Gasteiger partial charge is 0.477 e. The van der Waals surface area contributed by atoms with Crippen molar-refractivity contribution in [2.75, 3.05) is 6.73 Å².